The lowest BCUT2D eigenvalue weighted by Crippen LogP contribution is -2.36. The van der Waals surface area contributed by atoms with Crippen LogP contribution in [0.2, 0.25) is 0 Å². The Morgan fingerprint density at radius 3 is 2.47 bits per heavy atom. The molecule has 1 aliphatic carbocycles. The standard InChI is InChI=1S/C25H32N6O3/c1-25(2,32)22-15-29-23(16-28-22)30-17-3-5-19(6-4-17)34-21-14-18(31-9-11-33-12-10-31)13-20-24(21)27-8-7-26-20/h7-8,13-17,19,32H,3-6,9-12H2,1-2H3,(H,29,30)/t17-,19+. The van der Waals surface area contributed by atoms with E-state index in [-0.39, 0.29) is 6.10 Å². The van der Waals surface area contributed by atoms with Gasteiger partial charge in [-0.1, -0.05) is 0 Å². The molecule has 0 amide bonds. The zero-order valence-corrected chi connectivity index (χ0v) is 19.8. The van der Waals surface area contributed by atoms with E-state index in [1.165, 1.54) is 0 Å². The fraction of sp³-hybridized carbons (Fsp3) is 0.520. The van der Waals surface area contributed by atoms with Gasteiger partial charge in [-0.2, -0.15) is 0 Å². The maximum Gasteiger partial charge on any atom is 0.149 e. The lowest BCUT2D eigenvalue weighted by Gasteiger charge is -2.31. The maximum absolute atomic E-state index is 10.1. The van der Waals surface area contributed by atoms with Crippen LogP contribution in [0.3, 0.4) is 0 Å². The van der Waals surface area contributed by atoms with E-state index in [4.69, 9.17) is 9.47 Å². The van der Waals surface area contributed by atoms with Gasteiger partial charge in [-0.15, -0.1) is 0 Å². The summed E-state index contributed by atoms with van der Waals surface area (Å²) >= 11 is 0. The van der Waals surface area contributed by atoms with Crippen molar-refractivity contribution in [1.82, 2.24) is 19.9 Å². The van der Waals surface area contributed by atoms with Crippen LogP contribution in [0, 0.1) is 0 Å². The van der Waals surface area contributed by atoms with Crippen LogP contribution < -0.4 is 15.0 Å². The molecule has 1 aromatic carbocycles. The fourth-order valence-corrected chi connectivity index (χ4v) is 4.55. The Labute approximate surface area is 199 Å². The lowest BCUT2D eigenvalue weighted by molar-refractivity contribution is 0.0734. The molecule has 0 spiro atoms. The quantitative estimate of drug-likeness (QED) is 0.568. The molecule has 9 heteroatoms. The molecule has 0 bridgehead atoms. The fourth-order valence-electron chi connectivity index (χ4n) is 4.55. The van der Waals surface area contributed by atoms with E-state index < -0.39 is 5.60 Å². The molecule has 2 aromatic heterocycles. The van der Waals surface area contributed by atoms with E-state index in [1.807, 2.05) is 0 Å². The number of morpholine rings is 1. The number of benzene rings is 1. The topological polar surface area (TPSA) is 106 Å². The molecule has 3 aromatic rings. The number of hydrogen-bond acceptors (Lipinski definition) is 9. The number of nitrogens with zero attached hydrogens (tertiary/aromatic N) is 5. The van der Waals surface area contributed by atoms with Crippen molar-refractivity contribution in [2.45, 2.75) is 57.3 Å². The highest BCUT2D eigenvalue weighted by Gasteiger charge is 2.25. The van der Waals surface area contributed by atoms with E-state index in [9.17, 15) is 5.11 Å². The van der Waals surface area contributed by atoms with Gasteiger partial charge in [0.25, 0.3) is 0 Å². The van der Waals surface area contributed by atoms with Crippen LogP contribution in [0.1, 0.15) is 45.2 Å². The highest BCUT2D eigenvalue weighted by Crippen LogP contribution is 2.33. The van der Waals surface area contributed by atoms with Gasteiger partial charge in [0.15, 0.2) is 0 Å². The molecule has 2 N–H and O–H groups in total. The van der Waals surface area contributed by atoms with Gasteiger partial charge in [-0.25, -0.2) is 9.97 Å². The third-order valence-electron chi connectivity index (χ3n) is 6.50. The first-order chi connectivity index (χ1) is 16.5. The Bertz CT molecular complexity index is 1100. The number of anilines is 2. The third-order valence-corrected chi connectivity index (χ3v) is 6.50. The van der Waals surface area contributed by atoms with Crippen molar-refractivity contribution in [1.29, 1.82) is 0 Å². The van der Waals surface area contributed by atoms with Gasteiger partial charge in [-0.05, 0) is 45.6 Å². The molecule has 2 fully saturated rings. The molecule has 9 nitrogen and oxygen atoms in total. The first kappa shape index (κ1) is 22.7. The van der Waals surface area contributed by atoms with Crippen molar-refractivity contribution in [2.75, 3.05) is 36.5 Å². The summed E-state index contributed by atoms with van der Waals surface area (Å²) in [6.07, 6.45) is 10.7. The number of aromatic nitrogens is 4. The average Bonchev–Trinajstić information content (AvgIpc) is 2.85. The van der Waals surface area contributed by atoms with Crippen LogP contribution in [-0.4, -0.2) is 63.5 Å². The van der Waals surface area contributed by atoms with Crippen molar-refractivity contribution in [3.63, 3.8) is 0 Å². The van der Waals surface area contributed by atoms with Crippen molar-refractivity contribution < 1.29 is 14.6 Å². The monoisotopic (exact) mass is 464 g/mol. The van der Waals surface area contributed by atoms with E-state index in [0.29, 0.717) is 11.7 Å². The Hall–Kier alpha value is -3.04. The van der Waals surface area contributed by atoms with Crippen LogP contribution in [0.15, 0.2) is 36.9 Å². The Kier molecular flexibility index (Phi) is 6.47. The van der Waals surface area contributed by atoms with Crippen LogP contribution in [0.25, 0.3) is 11.0 Å². The minimum Gasteiger partial charge on any atom is -0.488 e. The summed E-state index contributed by atoms with van der Waals surface area (Å²) in [7, 11) is 0. The van der Waals surface area contributed by atoms with Crippen LogP contribution in [0.4, 0.5) is 11.5 Å². The van der Waals surface area contributed by atoms with Crippen molar-refractivity contribution in [3.8, 4) is 5.75 Å². The first-order valence-corrected chi connectivity index (χ1v) is 12.0. The number of fused-ring (bicyclic) bond motifs is 1. The van der Waals surface area contributed by atoms with Gasteiger partial charge in [0.05, 0.1) is 42.9 Å². The van der Waals surface area contributed by atoms with Gasteiger partial charge in [0, 0.05) is 43.3 Å². The number of rotatable bonds is 6. The van der Waals surface area contributed by atoms with Gasteiger partial charge in [0.1, 0.15) is 22.7 Å². The smallest absolute Gasteiger partial charge is 0.149 e. The minimum absolute atomic E-state index is 0.131. The van der Waals surface area contributed by atoms with Gasteiger partial charge >= 0.3 is 0 Å². The first-order valence-electron chi connectivity index (χ1n) is 12.0. The minimum atomic E-state index is -0.992. The van der Waals surface area contributed by atoms with E-state index in [0.717, 1.165) is 80.3 Å². The highest BCUT2D eigenvalue weighted by atomic mass is 16.5. The van der Waals surface area contributed by atoms with Crippen LogP contribution in [-0.2, 0) is 10.3 Å². The van der Waals surface area contributed by atoms with E-state index in [1.54, 1.807) is 38.6 Å². The molecule has 1 saturated heterocycles. The Balaban J connectivity index is 1.23. The Morgan fingerprint density at radius 1 is 1.00 bits per heavy atom. The van der Waals surface area contributed by atoms with E-state index in [2.05, 4.69) is 42.3 Å². The molecule has 3 heterocycles. The normalized spacial score (nSPS) is 21.4. The van der Waals surface area contributed by atoms with Crippen LogP contribution >= 0.6 is 0 Å². The van der Waals surface area contributed by atoms with Gasteiger partial charge in [-0.3, -0.25) is 9.97 Å². The van der Waals surface area contributed by atoms with Gasteiger partial charge < -0.3 is 24.8 Å². The molecule has 180 valence electrons. The average molecular weight is 465 g/mol. The second-order valence-corrected chi connectivity index (χ2v) is 9.55. The summed E-state index contributed by atoms with van der Waals surface area (Å²) < 4.78 is 12.0. The molecule has 0 unspecified atom stereocenters. The summed E-state index contributed by atoms with van der Waals surface area (Å²) in [4.78, 5) is 20.2. The molecule has 34 heavy (non-hydrogen) atoms. The predicted octanol–water partition coefficient (Wildman–Crippen LogP) is 3.29. The molecular formula is C25H32N6O3. The molecule has 1 aliphatic heterocycles. The molecule has 2 aliphatic rings. The SMILES string of the molecule is CC(C)(O)c1cnc(N[C@H]2CC[C@@H](Oc3cc(N4CCOCC4)cc4nccnc34)CC2)cn1. The summed E-state index contributed by atoms with van der Waals surface area (Å²) in [6, 6.07) is 4.51. The second kappa shape index (κ2) is 9.68. The summed E-state index contributed by atoms with van der Waals surface area (Å²) in [5.74, 6) is 1.54. The molecule has 0 radical (unpaired) electrons. The third kappa shape index (κ3) is 5.20. The van der Waals surface area contributed by atoms with E-state index >= 15 is 0 Å². The highest BCUT2D eigenvalue weighted by molar-refractivity contribution is 5.85. The van der Waals surface area contributed by atoms with Crippen molar-refractivity contribution in [2.24, 2.45) is 0 Å². The number of nitrogens with one attached hydrogen (secondary N) is 1. The molecule has 1 saturated carbocycles. The lowest BCUT2D eigenvalue weighted by atomic mass is 9.93. The number of aliphatic hydroxyl groups is 1. The molecular weight excluding hydrogens is 432 g/mol. The summed E-state index contributed by atoms with van der Waals surface area (Å²) in [5, 5.41) is 13.5. The molecule has 0 atom stereocenters. The molecule has 5 rings (SSSR count). The zero-order valence-electron chi connectivity index (χ0n) is 19.8. The van der Waals surface area contributed by atoms with Crippen LogP contribution in [0.5, 0.6) is 5.75 Å². The van der Waals surface area contributed by atoms with Crippen molar-refractivity contribution >= 4 is 22.5 Å². The van der Waals surface area contributed by atoms with Crippen molar-refractivity contribution in [3.05, 3.63) is 42.6 Å². The Morgan fingerprint density at radius 2 is 1.76 bits per heavy atom. The second-order valence-electron chi connectivity index (χ2n) is 9.55. The zero-order chi connectivity index (χ0) is 23.5. The summed E-state index contributed by atoms with van der Waals surface area (Å²) in [5.41, 5.74) is 2.33. The maximum atomic E-state index is 10.1. The van der Waals surface area contributed by atoms with Gasteiger partial charge in [0.2, 0.25) is 0 Å². The number of ether oxygens (including phenoxy) is 2. The number of hydrogen-bond donors (Lipinski definition) is 2. The largest absolute Gasteiger partial charge is 0.488 e. The summed E-state index contributed by atoms with van der Waals surface area (Å²) in [6.45, 7) is 6.60. The predicted molar refractivity (Wildman–Crippen MR) is 130 cm³/mol.